The number of carbonyl (C=O) groups is 2. The lowest BCUT2D eigenvalue weighted by Crippen LogP contribution is -2.37. The van der Waals surface area contributed by atoms with Crippen LogP contribution in [0, 0.1) is 0 Å². The smallest absolute Gasteiger partial charge is 0.462 e. The number of quaternary nitrogens is 1. The first-order valence-corrected chi connectivity index (χ1v) is 34.7. The third kappa shape index (κ3) is 66.8. The molecule has 2 atom stereocenters. The first-order valence-electron chi connectivity index (χ1n) is 33.2. The minimum Gasteiger partial charge on any atom is -0.462 e. The second kappa shape index (κ2) is 63.1. The second-order valence-electron chi connectivity index (χ2n) is 22.8. The summed E-state index contributed by atoms with van der Waals surface area (Å²) in [4.78, 5) is 35.8. The minimum absolute atomic E-state index is 0.0140. The number of phosphoric ester groups is 1. The van der Waals surface area contributed by atoms with Gasteiger partial charge in [-0.25, -0.2) is 4.57 Å². The average molecular weight is 1190 g/mol. The maximum Gasteiger partial charge on any atom is 0.472 e. The fourth-order valence-corrected chi connectivity index (χ4v) is 9.20. The van der Waals surface area contributed by atoms with E-state index in [-0.39, 0.29) is 32.0 Å². The molecule has 0 aliphatic carbocycles. The van der Waals surface area contributed by atoms with E-state index >= 15 is 0 Å². The quantitative estimate of drug-likeness (QED) is 0.0211. The van der Waals surface area contributed by atoms with Crippen molar-refractivity contribution in [2.45, 2.75) is 251 Å². The predicted molar refractivity (Wildman–Crippen MR) is 362 cm³/mol. The molecule has 0 aliphatic rings. The summed E-state index contributed by atoms with van der Waals surface area (Å²) in [6.07, 6.45) is 94.8. The van der Waals surface area contributed by atoms with Crippen LogP contribution in [0.2, 0.25) is 0 Å². The van der Waals surface area contributed by atoms with Crippen molar-refractivity contribution in [1.29, 1.82) is 0 Å². The zero-order chi connectivity index (χ0) is 61.2. The lowest BCUT2D eigenvalue weighted by atomic mass is 10.0. The molecule has 0 fully saturated rings. The van der Waals surface area contributed by atoms with E-state index < -0.39 is 26.5 Å². The van der Waals surface area contributed by atoms with Crippen molar-refractivity contribution in [2.24, 2.45) is 0 Å². The Labute approximate surface area is 516 Å². The zero-order valence-electron chi connectivity index (χ0n) is 54.1. The molecule has 0 radical (unpaired) electrons. The van der Waals surface area contributed by atoms with Crippen LogP contribution in [0.1, 0.15) is 245 Å². The standard InChI is InChI=1S/C74H122NO8P/c1-6-8-10-12-14-16-18-20-22-24-26-28-30-32-34-35-36-37-38-39-41-43-45-47-49-51-53-55-57-59-61-63-65-67-74(77)83-72(71-82-84(78,79)81-69-68-75(3,4)5)70-80-73(76)66-64-62-60-58-56-54-52-50-48-46-44-42-40-33-31-29-27-25-23-21-19-17-15-13-11-9-7-2/h8,10,14,16,19-22,25-28,31-34,36-37,39,41,45,47,51,53,57,59,72H,6-7,9,11-13,15,17-18,23-24,29-30,35,38,40,42-44,46,48-50,52,54-56,58,60-71H2,1-5H3/p+1/b10-8-,16-14-,21-19-,22-20-,27-25-,28-26-,33-31-,34-32-,37-36-,41-39-,47-45-,53-51-,59-57-. The number of hydrogen-bond acceptors (Lipinski definition) is 7. The Morgan fingerprint density at radius 2 is 0.679 bits per heavy atom. The van der Waals surface area contributed by atoms with Crippen molar-refractivity contribution in [3.63, 3.8) is 0 Å². The van der Waals surface area contributed by atoms with Crippen LogP contribution in [0.15, 0.2) is 158 Å². The summed E-state index contributed by atoms with van der Waals surface area (Å²) in [7, 11) is 1.43. The fraction of sp³-hybridized carbons (Fsp3) is 0.622. The molecule has 0 aliphatic heterocycles. The molecule has 0 spiro atoms. The summed E-state index contributed by atoms with van der Waals surface area (Å²) in [5.41, 5.74) is 0. The molecule has 0 saturated heterocycles. The molecule has 0 aromatic heterocycles. The largest absolute Gasteiger partial charge is 0.472 e. The Morgan fingerprint density at radius 3 is 1.04 bits per heavy atom. The van der Waals surface area contributed by atoms with Crippen LogP contribution in [0.25, 0.3) is 0 Å². The van der Waals surface area contributed by atoms with Crippen LogP contribution in [0.4, 0.5) is 0 Å². The first kappa shape index (κ1) is 79.6. The summed E-state index contributed by atoms with van der Waals surface area (Å²) >= 11 is 0. The normalized spacial score (nSPS) is 14.2. The highest BCUT2D eigenvalue weighted by molar-refractivity contribution is 7.47. The van der Waals surface area contributed by atoms with Crippen molar-refractivity contribution < 1.29 is 42.1 Å². The van der Waals surface area contributed by atoms with Crippen molar-refractivity contribution in [3.8, 4) is 0 Å². The second-order valence-corrected chi connectivity index (χ2v) is 24.2. The van der Waals surface area contributed by atoms with Gasteiger partial charge < -0.3 is 18.9 Å². The third-order valence-electron chi connectivity index (χ3n) is 13.5. The SMILES string of the molecule is CC/C=C\C/C=C\C/C=C\C/C=C\C/C=C\C/C=C\C/C=C\C/C=C\C/C=C\C/C=C\CCCCC(=O)OC(COC(=O)CCCCCCCCCCCCCC/C=C\C/C=C\C/C=C\CCCCCCC)COP(=O)(O)OCC[N+](C)(C)C. The number of nitrogens with zero attached hydrogens (tertiary/aromatic N) is 1. The topological polar surface area (TPSA) is 108 Å². The summed E-state index contributed by atoms with van der Waals surface area (Å²) in [5, 5.41) is 0. The van der Waals surface area contributed by atoms with Gasteiger partial charge in [-0.15, -0.1) is 0 Å². The molecule has 9 nitrogen and oxygen atoms in total. The number of likely N-dealkylation sites (N-methyl/N-ethyl adjacent to an activating group) is 1. The van der Waals surface area contributed by atoms with Crippen LogP contribution in [0.3, 0.4) is 0 Å². The number of esters is 2. The highest BCUT2D eigenvalue weighted by Gasteiger charge is 2.27. The summed E-state index contributed by atoms with van der Waals surface area (Å²) in [6, 6.07) is 0. The van der Waals surface area contributed by atoms with Gasteiger partial charge in [-0.2, -0.15) is 0 Å². The summed E-state index contributed by atoms with van der Waals surface area (Å²) < 4.78 is 34.6. The number of ether oxygens (including phenoxy) is 2. The fourth-order valence-electron chi connectivity index (χ4n) is 8.46. The lowest BCUT2D eigenvalue weighted by Gasteiger charge is -2.24. The Balaban J connectivity index is 4.25. The van der Waals surface area contributed by atoms with E-state index in [4.69, 9.17) is 18.5 Å². The molecule has 2 unspecified atom stereocenters. The average Bonchev–Trinajstić information content (AvgIpc) is 3.61. The Bertz CT molecular complexity index is 1970. The molecule has 0 amide bonds. The monoisotopic (exact) mass is 1180 g/mol. The molecule has 476 valence electrons. The van der Waals surface area contributed by atoms with Gasteiger partial charge in [0.15, 0.2) is 6.10 Å². The van der Waals surface area contributed by atoms with Gasteiger partial charge in [-0.3, -0.25) is 18.6 Å². The Kier molecular flexibility index (Phi) is 59.9. The van der Waals surface area contributed by atoms with Gasteiger partial charge in [0.1, 0.15) is 19.8 Å². The number of carbonyl (C=O) groups excluding carboxylic acids is 2. The van der Waals surface area contributed by atoms with E-state index in [1.807, 2.05) is 21.1 Å². The van der Waals surface area contributed by atoms with E-state index in [2.05, 4.69) is 172 Å². The predicted octanol–water partition coefficient (Wildman–Crippen LogP) is 21.6. The molecule has 1 N–H and O–H groups in total. The number of allylic oxidation sites excluding steroid dienone is 26. The minimum atomic E-state index is -4.42. The Hall–Kier alpha value is -4.37. The zero-order valence-corrected chi connectivity index (χ0v) is 55.0. The molecule has 0 aromatic rings. The molecule has 10 heteroatoms. The maximum atomic E-state index is 12.8. The summed E-state index contributed by atoms with van der Waals surface area (Å²) in [6.45, 7) is 4.24. The van der Waals surface area contributed by atoms with Crippen LogP contribution < -0.4 is 0 Å². The first-order chi connectivity index (χ1) is 41.0. The van der Waals surface area contributed by atoms with Crippen LogP contribution in [0.5, 0.6) is 0 Å². The van der Waals surface area contributed by atoms with Crippen molar-refractivity contribution in [2.75, 3.05) is 47.5 Å². The van der Waals surface area contributed by atoms with Gasteiger partial charge in [0.05, 0.1) is 27.7 Å². The molecule has 0 bridgehead atoms. The molecule has 0 heterocycles. The van der Waals surface area contributed by atoms with Gasteiger partial charge in [-0.05, 0) is 128 Å². The molecule has 84 heavy (non-hydrogen) atoms. The van der Waals surface area contributed by atoms with Crippen LogP contribution >= 0.6 is 7.82 Å². The van der Waals surface area contributed by atoms with Gasteiger partial charge in [0, 0.05) is 12.8 Å². The van der Waals surface area contributed by atoms with E-state index in [1.54, 1.807) is 0 Å². The van der Waals surface area contributed by atoms with Gasteiger partial charge in [0.25, 0.3) is 0 Å². The van der Waals surface area contributed by atoms with Crippen molar-refractivity contribution in [3.05, 3.63) is 158 Å². The number of rotatable bonds is 59. The summed E-state index contributed by atoms with van der Waals surface area (Å²) in [5.74, 6) is -0.860. The van der Waals surface area contributed by atoms with E-state index in [0.29, 0.717) is 17.4 Å². The van der Waals surface area contributed by atoms with E-state index in [0.717, 1.165) is 109 Å². The lowest BCUT2D eigenvalue weighted by molar-refractivity contribution is -0.870. The highest BCUT2D eigenvalue weighted by Crippen LogP contribution is 2.43. The van der Waals surface area contributed by atoms with Gasteiger partial charge >= 0.3 is 19.8 Å². The maximum absolute atomic E-state index is 12.8. The van der Waals surface area contributed by atoms with E-state index in [9.17, 15) is 19.0 Å². The third-order valence-corrected chi connectivity index (χ3v) is 14.5. The molecule has 0 saturated carbocycles. The molecule has 0 rings (SSSR count). The molecule has 0 aromatic carbocycles. The molecular formula is C74H123NO8P+. The van der Waals surface area contributed by atoms with E-state index in [1.165, 1.54) is 103 Å². The number of phosphoric acid groups is 1. The number of hydrogen-bond donors (Lipinski definition) is 1. The highest BCUT2D eigenvalue weighted by atomic mass is 31.2. The molecular weight excluding hydrogens is 1060 g/mol. The number of unbranched alkanes of at least 4 members (excludes halogenated alkanes) is 19. The van der Waals surface area contributed by atoms with Crippen molar-refractivity contribution in [1.82, 2.24) is 0 Å². The Morgan fingerprint density at radius 1 is 0.381 bits per heavy atom. The van der Waals surface area contributed by atoms with Gasteiger partial charge in [0.2, 0.25) is 0 Å². The van der Waals surface area contributed by atoms with Crippen LogP contribution in [-0.4, -0.2) is 74.9 Å². The van der Waals surface area contributed by atoms with Crippen LogP contribution in [-0.2, 0) is 32.7 Å². The van der Waals surface area contributed by atoms with Crippen molar-refractivity contribution >= 4 is 19.8 Å². The van der Waals surface area contributed by atoms with Gasteiger partial charge in [-0.1, -0.05) is 262 Å².